The summed E-state index contributed by atoms with van der Waals surface area (Å²) >= 11 is 0. The van der Waals surface area contributed by atoms with Crippen LogP contribution in [0, 0.1) is 6.92 Å². The summed E-state index contributed by atoms with van der Waals surface area (Å²) in [4.78, 5) is 20.7. The first kappa shape index (κ1) is 15.2. The number of aryl methyl sites for hydroxylation is 1. The summed E-state index contributed by atoms with van der Waals surface area (Å²) in [5, 5.41) is 2.82. The van der Waals surface area contributed by atoms with Crippen molar-refractivity contribution in [2.45, 2.75) is 39.2 Å². The number of rotatable bonds is 5. The zero-order chi connectivity index (χ0) is 15.5. The Bertz CT molecular complexity index is 613. The predicted molar refractivity (Wildman–Crippen MR) is 82.2 cm³/mol. The Morgan fingerprint density at radius 1 is 1.33 bits per heavy atom. The molecule has 21 heavy (non-hydrogen) atoms. The van der Waals surface area contributed by atoms with Crippen LogP contribution >= 0.6 is 0 Å². The Hall–Kier alpha value is -2.21. The minimum absolute atomic E-state index is 0.180. The van der Waals surface area contributed by atoms with Crippen LogP contribution in [-0.4, -0.2) is 26.0 Å². The minimum Gasteiger partial charge on any atom is -0.323 e. The van der Waals surface area contributed by atoms with Crippen molar-refractivity contribution in [2.24, 2.45) is 5.73 Å². The maximum atomic E-state index is 12.2. The molecular formula is C15H21N5O. The summed E-state index contributed by atoms with van der Waals surface area (Å²) in [5.41, 5.74) is 5.87. The Labute approximate surface area is 124 Å². The number of amides is 1. The molecule has 0 bridgehead atoms. The van der Waals surface area contributed by atoms with E-state index in [4.69, 9.17) is 5.73 Å². The molecule has 0 radical (unpaired) electrons. The molecule has 0 fully saturated rings. The number of hydrogen-bond acceptors (Lipinski definition) is 4. The molecule has 0 unspecified atom stereocenters. The van der Waals surface area contributed by atoms with E-state index in [0.29, 0.717) is 18.5 Å². The quantitative estimate of drug-likeness (QED) is 0.881. The first-order valence-corrected chi connectivity index (χ1v) is 7.07. The van der Waals surface area contributed by atoms with Crippen LogP contribution in [0.25, 0.3) is 5.82 Å². The number of nitrogens with two attached hydrogens (primary N) is 1. The Morgan fingerprint density at radius 2 is 2.05 bits per heavy atom. The van der Waals surface area contributed by atoms with Crippen molar-refractivity contribution in [2.75, 3.05) is 5.32 Å². The smallest absolute Gasteiger partial charge is 0.244 e. The highest BCUT2D eigenvalue weighted by molar-refractivity contribution is 5.97. The van der Waals surface area contributed by atoms with Gasteiger partial charge in [-0.05, 0) is 31.9 Å². The van der Waals surface area contributed by atoms with Gasteiger partial charge in [0.2, 0.25) is 5.91 Å². The molecule has 0 saturated carbocycles. The van der Waals surface area contributed by atoms with Crippen LogP contribution in [0.1, 0.15) is 32.5 Å². The summed E-state index contributed by atoms with van der Waals surface area (Å²) in [6, 6.07) is 3.64. The van der Waals surface area contributed by atoms with Gasteiger partial charge in [0.25, 0.3) is 0 Å². The molecule has 2 heterocycles. The number of aromatic nitrogens is 3. The topological polar surface area (TPSA) is 85.8 Å². The number of imidazole rings is 1. The van der Waals surface area contributed by atoms with E-state index in [2.05, 4.69) is 15.3 Å². The van der Waals surface area contributed by atoms with Gasteiger partial charge >= 0.3 is 0 Å². The number of pyridine rings is 1. The summed E-state index contributed by atoms with van der Waals surface area (Å²) in [5.74, 6) is 1.44. The fourth-order valence-electron chi connectivity index (χ4n) is 2.05. The van der Waals surface area contributed by atoms with Crippen LogP contribution in [0.15, 0.2) is 30.7 Å². The average molecular weight is 287 g/mol. The molecule has 6 heteroatoms. The minimum atomic E-state index is -0.834. The van der Waals surface area contributed by atoms with Gasteiger partial charge in [-0.15, -0.1) is 0 Å². The van der Waals surface area contributed by atoms with Gasteiger partial charge < -0.3 is 11.1 Å². The fourth-order valence-corrected chi connectivity index (χ4v) is 2.05. The van der Waals surface area contributed by atoms with Gasteiger partial charge in [-0.1, -0.05) is 13.8 Å². The van der Waals surface area contributed by atoms with Crippen molar-refractivity contribution in [1.82, 2.24) is 14.5 Å². The first-order valence-electron chi connectivity index (χ1n) is 7.07. The molecule has 2 aromatic heterocycles. The van der Waals surface area contributed by atoms with Gasteiger partial charge in [0, 0.05) is 12.4 Å². The van der Waals surface area contributed by atoms with Crippen molar-refractivity contribution < 1.29 is 4.79 Å². The average Bonchev–Trinajstić information content (AvgIpc) is 2.93. The standard InChI is InChI=1S/C15H21N5O/c1-4-15(16,5-2)14(21)19-12-6-7-13(18-10-12)20-9-8-17-11(20)3/h6-10H,4-5,16H2,1-3H3,(H,19,21). The van der Waals surface area contributed by atoms with E-state index in [1.165, 1.54) is 0 Å². The fraction of sp³-hybridized carbons (Fsp3) is 0.400. The highest BCUT2D eigenvalue weighted by atomic mass is 16.2. The van der Waals surface area contributed by atoms with E-state index in [0.717, 1.165) is 11.6 Å². The largest absolute Gasteiger partial charge is 0.323 e. The number of hydrogen-bond donors (Lipinski definition) is 2. The van der Waals surface area contributed by atoms with Gasteiger partial charge in [0.1, 0.15) is 11.6 Å². The molecule has 0 atom stereocenters. The van der Waals surface area contributed by atoms with Crippen molar-refractivity contribution in [3.63, 3.8) is 0 Å². The molecule has 0 aliphatic rings. The molecular weight excluding hydrogens is 266 g/mol. The maximum absolute atomic E-state index is 12.2. The van der Waals surface area contributed by atoms with Crippen LogP contribution in [0.2, 0.25) is 0 Å². The molecule has 2 aromatic rings. The number of nitrogens with zero attached hydrogens (tertiary/aromatic N) is 3. The van der Waals surface area contributed by atoms with E-state index in [1.54, 1.807) is 12.4 Å². The van der Waals surface area contributed by atoms with Gasteiger partial charge in [-0.3, -0.25) is 9.36 Å². The lowest BCUT2D eigenvalue weighted by Crippen LogP contribution is -2.50. The molecule has 1 amide bonds. The SMILES string of the molecule is CCC(N)(CC)C(=O)Nc1ccc(-n2ccnc2C)nc1. The number of nitrogens with one attached hydrogen (secondary N) is 1. The number of anilines is 1. The summed E-state index contributed by atoms with van der Waals surface area (Å²) < 4.78 is 1.87. The monoisotopic (exact) mass is 287 g/mol. The summed E-state index contributed by atoms with van der Waals surface area (Å²) in [7, 11) is 0. The van der Waals surface area contributed by atoms with E-state index in [1.807, 2.05) is 43.7 Å². The zero-order valence-electron chi connectivity index (χ0n) is 12.6. The third-order valence-electron chi connectivity index (χ3n) is 3.79. The lowest BCUT2D eigenvalue weighted by Gasteiger charge is -2.25. The Morgan fingerprint density at radius 3 is 2.52 bits per heavy atom. The van der Waals surface area contributed by atoms with Crippen LogP contribution in [0.5, 0.6) is 0 Å². The van der Waals surface area contributed by atoms with E-state index in [9.17, 15) is 4.79 Å². The molecule has 112 valence electrons. The van der Waals surface area contributed by atoms with Crippen molar-refractivity contribution >= 4 is 11.6 Å². The lowest BCUT2D eigenvalue weighted by atomic mass is 9.93. The van der Waals surface area contributed by atoms with Crippen LogP contribution in [0.3, 0.4) is 0 Å². The summed E-state index contributed by atoms with van der Waals surface area (Å²) in [6.45, 7) is 5.72. The zero-order valence-corrected chi connectivity index (χ0v) is 12.6. The second-order valence-corrected chi connectivity index (χ2v) is 5.07. The summed E-state index contributed by atoms with van der Waals surface area (Å²) in [6.07, 6.45) is 6.37. The predicted octanol–water partition coefficient (Wildman–Crippen LogP) is 2.03. The third-order valence-corrected chi connectivity index (χ3v) is 3.79. The Kier molecular flexibility index (Phi) is 4.37. The highest BCUT2D eigenvalue weighted by Crippen LogP contribution is 2.16. The molecule has 0 aromatic carbocycles. The number of carbonyl (C=O) groups is 1. The van der Waals surface area contributed by atoms with Gasteiger partial charge in [0.05, 0.1) is 17.4 Å². The van der Waals surface area contributed by atoms with Crippen LogP contribution in [-0.2, 0) is 4.79 Å². The van der Waals surface area contributed by atoms with Crippen LogP contribution < -0.4 is 11.1 Å². The second-order valence-electron chi connectivity index (χ2n) is 5.07. The molecule has 0 aliphatic heterocycles. The first-order chi connectivity index (χ1) is 10.00. The lowest BCUT2D eigenvalue weighted by molar-refractivity contribution is -0.121. The molecule has 0 aliphatic carbocycles. The van der Waals surface area contributed by atoms with Gasteiger partial charge in [0.15, 0.2) is 0 Å². The van der Waals surface area contributed by atoms with Gasteiger partial charge in [-0.25, -0.2) is 9.97 Å². The molecule has 6 nitrogen and oxygen atoms in total. The molecule has 3 N–H and O–H groups in total. The van der Waals surface area contributed by atoms with Crippen molar-refractivity contribution in [3.05, 3.63) is 36.5 Å². The van der Waals surface area contributed by atoms with Crippen molar-refractivity contribution in [1.29, 1.82) is 0 Å². The van der Waals surface area contributed by atoms with Crippen LogP contribution in [0.4, 0.5) is 5.69 Å². The van der Waals surface area contributed by atoms with Gasteiger partial charge in [-0.2, -0.15) is 0 Å². The molecule has 2 rings (SSSR count). The third kappa shape index (κ3) is 3.11. The highest BCUT2D eigenvalue weighted by Gasteiger charge is 2.29. The van der Waals surface area contributed by atoms with E-state index >= 15 is 0 Å². The second kappa shape index (κ2) is 6.05. The Balaban J connectivity index is 2.13. The van der Waals surface area contributed by atoms with Crippen molar-refractivity contribution in [3.8, 4) is 5.82 Å². The molecule has 0 saturated heterocycles. The molecule has 0 spiro atoms. The number of carbonyl (C=O) groups excluding carboxylic acids is 1. The van der Waals surface area contributed by atoms with E-state index < -0.39 is 5.54 Å². The van der Waals surface area contributed by atoms with E-state index in [-0.39, 0.29) is 5.91 Å². The maximum Gasteiger partial charge on any atom is 0.244 e. The normalized spacial score (nSPS) is 11.4.